The van der Waals surface area contributed by atoms with Gasteiger partial charge < -0.3 is 14.5 Å². The van der Waals surface area contributed by atoms with Crippen molar-refractivity contribution in [3.05, 3.63) is 34.3 Å². The summed E-state index contributed by atoms with van der Waals surface area (Å²) in [4.78, 5) is 30.2. The fraction of sp³-hybridized carbons (Fsp3) is 0.579. The standard InChI is InChI=1S/C19H26BrN3O3/c1-14(19(25)22-8-6-21(7-9-22)15(2)24)23-10-11-26-18(13-23)16-4-3-5-17(20)12-16/h3-5,12,14,18H,6-11,13H2,1-2H3. The van der Waals surface area contributed by atoms with E-state index in [-0.39, 0.29) is 24.0 Å². The predicted molar refractivity (Wildman–Crippen MR) is 103 cm³/mol. The quantitative estimate of drug-likeness (QED) is 0.744. The number of nitrogens with zero attached hydrogens (tertiary/aromatic N) is 3. The first kappa shape index (κ1) is 19.3. The van der Waals surface area contributed by atoms with Crippen molar-refractivity contribution in [1.29, 1.82) is 0 Å². The minimum absolute atomic E-state index is 0.0222. The van der Waals surface area contributed by atoms with Crippen LogP contribution in [0.5, 0.6) is 0 Å². The third-order valence-corrected chi connectivity index (χ3v) is 5.75. The van der Waals surface area contributed by atoms with Gasteiger partial charge in [-0.15, -0.1) is 0 Å². The van der Waals surface area contributed by atoms with E-state index in [1.54, 1.807) is 11.8 Å². The van der Waals surface area contributed by atoms with Crippen molar-refractivity contribution < 1.29 is 14.3 Å². The van der Waals surface area contributed by atoms with Gasteiger partial charge in [0, 0.05) is 50.7 Å². The highest BCUT2D eigenvalue weighted by Crippen LogP contribution is 2.26. The van der Waals surface area contributed by atoms with E-state index in [0.29, 0.717) is 39.3 Å². The van der Waals surface area contributed by atoms with Crippen LogP contribution < -0.4 is 0 Å². The Hall–Kier alpha value is -1.44. The zero-order valence-corrected chi connectivity index (χ0v) is 16.9. The summed E-state index contributed by atoms with van der Waals surface area (Å²) < 4.78 is 6.96. The molecule has 2 saturated heterocycles. The van der Waals surface area contributed by atoms with E-state index < -0.39 is 0 Å². The molecule has 2 aliphatic rings. The molecular weight excluding hydrogens is 398 g/mol. The Balaban J connectivity index is 1.59. The van der Waals surface area contributed by atoms with Gasteiger partial charge in [-0.05, 0) is 24.6 Å². The first-order valence-electron chi connectivity index (χ1n) is 9.11. The van der Waals surface area contributed by atoms with Crippen LogP contribution in [0.4, 0.5) is 0 Å². The average molecular weight is 424 g/mol. The van der Waals surface area contributed by atoms with E-state index in [9.17, 15) is 9.59 Å². The number of piperazine rings is 1. The zero-order chi connectivity index (χ0) is 18.7. The molecular formula is C19H26BrN3O3. The summed E-state index contributed by atoms with van der Waals surface area (Å²) in [6, 6.07) is 7.95. The summed E-state index contributed by atoms with van der Waals surface area (Å²) in [5.74, 6) is 0.221. The molecule has 0 bridgehead atoms. The molecule has 0 spiro atoms. The van der Waals surface area contributed by atoms with E-state index in [1.165, 1.54) is 0 Å². The predicted octanol–water partition coefficient (Wildman–Crippen LogP) is 1.90. The number of carbonyl (C=O) groups is 2. The monoisotopic (exact) mass is 423 g/mol. The molecule has 0 aliphatic carbocycles. The smallest absolute Gasteiger partial charge is 0.239 e. The molecule has 3 rings (SSSR count). The number of hydrogen-bond donors (Lipinski definition) is 0. The summed E-state index contributed by atoms with van der Waals surface area (Å²) >= 11 is 3.51. The lowest BCUT2D eigenvalue weighted by atomic mass is 10.1. The topological polar surface area (TPSA) is 53.1 Å². The lowest BCUT2D eigenvalue weighted by Crippen LogP contribution is -2.56. The number of halogens is 1. The maximum Gasteiger partial charge on any atom is 0.239 e. The second-order valence-electron chi connectivity index (χ2n) is 6.92. The van der Waals surface area contributed by atoms with Crippen LogP contribution >= 0.6 is 15.9 Å². The Morgan fingerprint density at radius 3 is 2.50 bits per heavy atom. The van der Waals surface area contributed by atoms with Gasteiger partial charge in [-0.2, -0.15) is 0 Å². The fourth-order valence-corrected chi connectivity index (χ4v) is 4.01. The highest BCUT2D eigenvalue weighted by Gasteiger charge is 2.32. The SMILES string of the molecule is CC(=O)N1CCN(C(=O)C(C)N2CCOC(c3cccc(Br)c3)C2)CC1. The molecule has 7 heteroatoms. The van der Waals surface area contributed by atoms with Gasteiger partial charge in [-0.1, -0.05) is 28.1 Å². The molecule has 6 nitrogen and oxygen atoms in total. The summed E-state index contributed by atoms with van der Waals surface area (Å²) in [7, 11) is 0. The summed E-state index contributed by atoms with van der Waals surface area (Å²) in [5, 5.41) is 0. The Labute approximate surface area is 163 Å². The van der Waals surface area contributed by atoms with Gasteiger partial charge in [-0.25, -0.2) is 0 Å². The Kier molecular flexibility index (Phi) is 6.32. The number of amides is 2. The van der Waals surface area contributed by atoms with Crippen LogP contribution in [0.1, 0.15) is 25.5 Å². The van der Waals surface area contributed by atoms with Crippen molar-refractivity contribution in [1.82, 2.24) is 14.7 Å². The van der Waals surface area contributed by atoms with Gasteiger partial charge in [0.1, 0.15) is 0 Å². The Morgan fingerprint density at radius 1 is 1.15 bits per heavy atom. The third kappa shape index (κ3) is 4.45. The van der Waals surface area contributed by atoms with Crippen molar-refractivity contribution >= 4 is 27.7 Å². The molecule has 26 heavy (non-hydrogen) atoms. The Morgan fingerprint density at radius 2 is 1.85 bits per heavy atom. The number of rotatable bonds is 3. The molecule has 2 aliphatic heterocycles. The van der Waals surface area contributed by atoms with Crippen molar-refractivity contribution in [3.8, 4) is 0 Å². The summed E-state index contributed by atoms with van der Waals surface area (Å²) in [6.45, 7) is 8.10. The first-order chi connectivity index (χ1) is 12.5. The van der Waals surface area contributed by atoms with Crippen molar-refractivity contribution in [3.63, 3.8) is 0 Å². The van der Waals surface area contributed by atoms with Crippen LogP contribution in [0.2, 0.25) is 0 Å². The number of carbonyl (C=O) groups excluding carboxylic acids is 2. The van der Waals surface area contributed by atoms with E-state index in [1.807, 2.05) is 24.0 Å². The van der Waals surface area contributed by atoms with Crippen molar-refractivity contribution in [2.24, 2.45) is 0 Å². The van der Waals surface area contributed by atoms with Crippen LogP contribution in [0.15, 0.2) is 28.7 Å². The van der Waals surface area contributed by atoms with Gasteiger partial charge in [0.15, 0.2) is 0 Å². The highest BCUT2D eigenvalue weighted by molar-refractivity contribution is 9.10. The molecule has 0 saturated carbocycles. The molecule has 0 radical (unpaired) electrons. The lowest BCUT2D eigenvalue weighted by Gasteiger charge is -2.40. The van der Waals surface area contributed by atoms with Gasteiger partial charge in [0.2, 0.25) is 11.8 Å². The van der Waals surface area contributed by atoms with Gasteiger partial charge in [0.25, 0.3) is 0 Å². The molecule has 142 valence electrons. The van der Waals surface area contributed by atoms with Crippen LogP contribution in [-0.4, -0.2) is 78.4 Å². The highest BCUT2D eigenvalue weighted by atomic mass is 79.9. The molecule has 2 amide bonds. The minimum Gasteiger partial charge on any atom is -0.371 e. The second kappa shape index (κ2) is 8.50. The molecule has 2 unspecified atom stereocenters. The van der Waals surface area contributed by atoms with E-state index in [0.717, 1.165) is 16.6 Å². The largest absolute Gasteiger partial charge is 0.371 e. The third-order valence-electron chi connectivity index (χ3n) is 5.26. The number of benzene rings is 1. The molecule has 1 aromatic rings. The van der Waals surface area contributed by atoms with Crippen LogP contribution in [0.3, 0.4) is 0 Å². The first-order valence-corrected chi connectivity index (χ1v) is 9.90. The van der Waals surface area contributed by atoms with Gasteiger partial charge in [0.05, 0.1) is 18.8 Å². The molecule has 2 heterocycles. The number of hydrogen-bond acceptors (Lipinski definition) is 4. The second-order valence-corrected chi connectivity index (χ2v) is 7.83. The molecule has 1 aromatic carbocycles. The Bertz CT molecular complexity index is 661. The number of morpholine rings is 1. The van der Waals surface area contributed by atoms with Gasteiger partial charge >= 0.3 is 0 Å². The summed E-state index contributed by atoms with van der Waals surface area (Å²) in [6.07, 6.45) is -0.0222. The van der Waals surface area contributed by atoms with Gasteiger partial charge in [-0.3, -0.25) is 14.5 Å². The maximum atomic E-state index is 12.9. The maximum absolute atomic E-state index is 12.9. The van der Waals surface area contributed by atoms with Crippen LogP contribution in [0.25, 0.3) is 0 Å². The molecule has 0 aromatic heterocycles. The average Bonchev–Trinajstić information content (AvgIpc) is 2.67. The molecule has 0 N–H and O–H groups in total. The van der Waals surface area contributed by atoms with Crippen molar-refractivity contribution in [2.75, 3.05) is 45.9 Å². The zero-order valence-electron chi connectivity index (χ0n) is 15.4. The van der Waals surface area contributed by atoms with E-state index in [4.69, 9.17) is 4.74 Å². The molecule has 2 fully saturated rings. The normalized spacial score (nSPS) is 23.0. The van der Waals surface area contributed by atoms with Crippen molar-refractivity contribution in [2.45, 2.75) is 26.0 Å². The minimum atomic E-state index is -0.183. The van der Waals surface area contributed by atoms with E-state index in [2.05, 4.69) is 33.0 Å². The molecule has 2 atom stereocenters. The van der Waals surface area contributed by atoms with Crippen LogP contribution in [0, 0.1) is 0 Å². The van der Waals surface area contributed by atoms with Crippen LogP contribution in [-0.2, 0) is 14.3 Å². The number of ether oxygens (including phenoxy) is 1. The summed E-state index contributed by atoms with van der Waals surface area (Å²) in [5.41, 5.74) is 1.12. The lowest BCUT2D eigenvalue weighted by molar-refractivity contribution is -0.144. The van der Waals surface area contributed by atoms with E-state index >= 15 is 0 Å². The fourth-order valence-electron chi connectivity index (χ4n) is 3.59.